The molecule has 0 amide bonds. The van der Waals surface area contributed by atoms with E-state index in [0.29, 0.717) is 6.42 Å². The maximum absolute atomic E-state index is 8.48. The smallest absolute Gasteiger partial charge is 0.0642 e. The van der Waals surface area contributed by atoms with Crippen LogP contribution in [0.25, 0.3) is 0 Å². The highest BCUT2D eigenvalue weighted by atomic mass is 32.1. The Hall–Kier alpha value is -0.850. The van der Waals surface area contributed by atoms with Gasteiger partial charge in [0.15, 0.2) is 0 Å². The summed E-state index contributed by atoms with van der Waals surface area (Å²) in [6.07, 6.45) is 0.539. The summed E-state index contributed by atoms with van der Waals surface area (Å²) in [6.45, 7) is 0. The molecule has 58 valence electrons. The van der Waals surface area contributed by atoms with E-state index in [4.69, 9.17) is 5.26 Å². The van der Waals surface area contributed by atoms with E-state index in [-0.39, 0.29) is 6.04 Å². The lowest BCUT2D eigenvalue weighted by molar-refractivity contribution is 0.619. The highest BCUT2D eigenvalue weighted by Crippen LogP contribution is 2.20. The largest absolute Gasteiger partial charge is 0.311 e. The molecular formula is C8H10N2S. The van der Waals surface area contributed by atoms with E-state index in [2.05, 4.69) is 11.4 Å². The van der Waals surface area contributed by atoms with Crippen LogP contribution in [0.3, 0.4) is 0 Å². The molecule has 1 aromatic heterocycles. The fraction of sp³-hybridized carbons (Fsp3) is 0.375. The fourth-order valence-corrected chi connectivity index (χ4v) is 1.76. The Balaban J connectivity index is 2.65. The SMILES string of the molecule is CNC(CC#N)c1cccs1. The summed E-state index contributed by atoms with van der Waals surface area (Å²) < 4.78 is 0. The lowest BCUT2D eigenvalue weighted by atomic mass is 10.2. The van der Waals surface area contributed by atoms with Crippen molar-refractivity contribution in [2.45, 2.75) is 12.5 Å². The zero-order chi connectivity index (χ0) is 8.10. The quantitative estimate of drug-likeness (QED) is 0.744. The van der Waals surface area contributed by atoms with Crippen LogP contribution in [0, 0.1) is 11.3 Å². The molecule has 0 aromatic carbocycles. The van der Waals surface area contributed by atoms with Crippen LogP contribution in [0.15, 0.2) is 17.5 Å². The van der Waals surface area contributed by atoms with Gasteiger partial charge in [-0.25, -0.2) is 0 Å². The van der Waals surface area contributed by atoms with E-state index in [1.807, 2.05) is 24.6 Å². The van der Waals surface area contributed by atoms with Gasteiger partial charge in [-0.1, -0.05) is 6.07 Å². The topological polar surface area (TPSA) is 35.8 Å². The molecule has 11 heavy (non-hydrogen) atoms. The van der Waals surface area contributed by atoms with Crippen LogP contribution >= 0.6 is 11.3 Å². The molecule has 1 heterocycles. The molecule has 1 N–H and O–H groups in total. The van der Waals surface area contributed by atoms with Gasteiger partial charge < -0.3 is 5.32 Å². The Labute approximate surface area is 70.5 Å². The molecular weight excluding hydrogens is 156 g/mol. The minimum absolute atomic E-state index is 0.208. The van der Waals surface area contributed by atoms with Crippen molar-refractivity contribution in [3.05, 3.63) is 22.4 Å². The second-order valence-electron chi connectivity index (χ2n) is 2.22. The highest BCUT2D eigenvalue weighted by molar-refractivity contribution is 7.10. The number of nitrogens with zero attached hydrogens (tertiary/aromatic N) is 1. The van der Waals surface area contributed by atoms with Gasteiger partial charge in [-0.15, -0.1) is 11.3 Å². The number of rotatable bonds is 3. The molecule has 0 aliphatic carbocycles. The van der Waals surface area contributed by atoms with Gasteiger partial charge in [-0.2, -0.15) is 5.26 Å². The lowest BCUT2D eigenvalue weighted by Gasteiger charge is -2.08. The van der Waals surface area contributed by atoms with E-state index < -0.39 is 0 Å². The summed E-state index contributed by atoms with van der Waals surface area (Å²) in [4.78, 5) is 1.23. The number of nitrogens with one attached hydrogen (secondary N) is 1. The van der Waals surface area contributed by atoms with E-state index in [1.165, 1.54) is 4.88 Å². The molecule has 0 saturated heterocycles. The molecule has 1 rings (SSSR count). The fourth-order valence-electron chi connectivity index (χ4n) is 0.926. The van der Waals surface area contributed by atoms with Gasteiger partial charge in [0.25, 0.3) is 0 Å². The third-order valence-corrected chi connectivity index (χ3v) is 2.52. The molecule has 3 heteroatoms. The maximum Gasteiger partial charge on any atom is 0.0642 e. The van der Waals surface area contributed by atoms with Crippen LogP contribution in [0.1, 0.15) is 17.3 Å². The van der Waals surface area contributed by atoms with Gasteiger partial charge >= 0.3 is 0 Å². The van der Waals surface area contributed by atoms with E-state index in [1.54, 1.807) is 11.3 Å². The Kier molecular flexibility index (Phi) is 3.09. The molecule has 1 unspecified atom stereocenters. The number of thiophene rings is 1. The molecule has 0 fully saturated rings. The lowest BCUT2D eigenvalue weighted by Crippen LogP contribution is -2.14. The Bertz CT molecular complexity index is 235. The molecule has 0 aliphatic rings. The molecule has 1 atom stereocenters. The van der Waals surface area contributed by atoms with Crippen molar-refractivity contribution < 1.29 is 0 Å². The summed E-state index contributed by atoms with van der Waals surface area (Å²) in [6, 6.07) is 6.41. The van der Waals surface area contributed by atoms with E-state index in [0.717, 1.165) is 0 Å². The summed E-state index contributed by atoms with van der Waals surface area (Å²) in [5.74, 6) is 0. The Morgan fingerprint density at radius 3 is 3.09 bits per heavy atom. The molecule has 0 saturated carbocycles. The maximum atomic E-state index is 8.48. The molecule has 0 bridgehead atoms. The Morgan fingerprint density at radius 1 is 1.82 bits per heavy atom. The minimum atomic E-state index is 0.208. The van der Waals surface area contributed by atoms with Crippen LogP contribution in [0.2, 0.25) is 0 Å². The van der Waals surface area contributed by atoms with Gasteiger partial charge in [-0.05, 0) is 18.5 Å². The summed E-state index contributed by atoms with van der Waals surface area (Å²) in [7, 11) is 1.88. The van der Waals surface area contributed by atoms with Crippen molar-refractivity contribution in [1.82, 2.24) is 5.32 Å². The first-order valence-electron chi connectivity index (χ1n) is 3.46. The molecule has 0 aliphatic heterocycles. The summed E-state index contributed by atoms with van der Waals surface area (Å²) in [5, 5.41) is 13.6. The number of hydrogen-bond donors (Lipinski definition) is 1. The minimum Gasteiger partial charge on any atom is -0.311 e. The van der Waals surface area contributed by atoms with Crippen LogP contribution in [-0.2, 0) is 0 Å². The normalized spacial score (nSPS) is 12.4. The second-order valence-corrected chi connectivity index (χ2v) is 3.20. The number of nitriles is 1. The first-order chi connectivity index (χ1) is 5.38. The number of hydrogen-bond acceptors (Lipinski definition) is 3. The molecule has 0 radical (unpaired) electrons. The molecule has 0 spiro atoms. The molecule has 2 nitrogen and oxygen atoms in total. The first-order valence-corrected chi connectivity index (χ1v) is 4.34. The van der Waals surface area contributed by atoms with Crippen molar-refractivity contribution in [2.24, 2.45) is 0 Å². The van der Waals surface area contributed by atoms with E-state index >= 15 is 0 Å². The van der Waals surface area contributed by atoms with Crippen LogP contribution in [0.5, 0.6) is 0 Å². The first kappa shape index (κ1) is 8.25. The van der Waals surface area contributed by atoms with Crippen molar-refractivity contribution >= 4 is 11.3 Å². The van der Waals surface area contributed by atoms with Gasteiger partial charge in [-0.3, -0.25) is 0 Å². The zero-order valence-corrected chi connectivity index (χ0v) is 7.19. The van der Waals surface area contributed by atoms with Crippen molar-refractivity contribution in [1.29, 1.82) is 5.26 Å². The average molecular weight is 166 g/mol. The van der Waals surface area contributed by atoms with Gasteiger partial charge in [0.05, 0.1) is 18.5 Å². The average Bonchev–Trinajstić information content (AvgIpc) is 2.52. The van der Waals surface area contributed by atoms with E-state index in [9.17, 15) is 0 Å². The predicted molar refractivity (Wildman–Crippen MR) is 46.3 cm³/mol. The van der Waals surface area contributed by atoms with Gasteiger partial charge in [0.1, 0.15) is 0 Å². The van der Waals surface area contributed by atoms with Crippen LogP contribution < -0.4 is 5.32 Å². The van der Waals surface area contributed by atoms with Crippen LogP contribution in [-0.4, -0.2) is 7.05 Å². The highest BCUT2D eigenvalue weighted by Gasteiger charge is 2.07. The van der Waals surface area contributed by atoms with Gasteiger partial charge in [0.2, 0.25) is 0 Å². The summed E-state index contributed by atoms with van der Waals surface area (Å²) in [5.41, 5.74) is 0. The van der Waals surface area contributed by atoms with Crippen molar-refractivity contribution in [3.63, 3.8) is 0 Å². The third kappa shape index (κ3) is 2.04. The summed E-state index contributed by atoms with van der Waals surface area (Å²) >= 11 is 1.68. The predicted octanol–water partition coefficient (Wildman–Crippen LogP) is 1.92. The third-order valence-electron chi connectivity index (χ3n) is 1.53. The monoisotopic (exact) mass is 166 g/mol. The van der Waals surface area contributed by atoms with Crippen molar-refractivity contribution in [2.75, 3.05) is 7.05 Å². The zero-order valence-electron chi connectivity index (χ0n) is 6.37. The van der Waals surface area contributed by atoms with Crippen molar-refractivity contribution in [3.8, 4) is 6.07 Å². The standard InChI is InChI=1S/C8H10N2S/c1-10-7(4-5-9)8-3-2-6-11-8/h2-3,6-7,10H,4H2,1H3. The van der Waals surface area contributed by atoms with Crippen LogP contribution in [0.4, 0.5) is 0 Å². The molecule has 1 aromatic rings. The van der Waals surface area contributed by atoms with Gasteiger partial charge in [0, 0.05) is 4.88 Å². The second kappa shape index (κ2) is 4.12. The Morgan fingerprint density at radius 2 is 2.64 bits per heavy atom.